The zero-order valence-corrected chi connectivity index (χ0v) is 11.8. The molecule has 1 N–H and O–H groups in total. The standard InChI is InChI=1S/C15H23NO3/c1-3-18-9-10-19-15-12(11-16-13-7-8-13)5-4-6-14(15)17-2/h4-6,13,16H,3,7-11H2,1-2H3. The third-order valence-corrected chi connectivity index (χ3v) is 3.12. The summed E-state index contributed by atoms with van der Waals surface area (Å²) >= 11 is 0. The summed E-state index contributed by atoms with van der Waals surface area (Å²) in [6.45, 7) is 4.67. The van der Waals surface area contributed by atoms with E-state index >= 15 is 0 Å². The first-order valence-electron chi connectivity index (χ1n) is 6.95. The predicted octanol–water partition coefficient (Wildman–Crippen LogP) is 2.36. The lowest BCUT2D eigenvalue weighted by Gasteiger charge is -2.15. The van der Waals surface area contributed by atoms with E-state index < -0.39 is 0 Å². The molecule has 19 heavy (non-hydrogen) atoms. The van der Waals surface area contributed by atoms with Crippen LogP contribution in [-0.2, 0) is 11.3 Å². The van der Waals surface area contributed by atoms with Crippen molar-refractivity contribution in [2.45, 2.75) is 32.4 Å². The fourth-order valence-corrected chi connectivity index (χ4v) is 1.91. The molecular formula is C15H23NO3. The lowest BCUT2D eigenvalue weighted by molar-refractivity contribution is 0.108. The van der Waals surface area contributed by atoms with Crippen molar-refractivity contribution in [1.29, 1.82) is 0 Å². The molecule has 0 atom stereocenters. The van der Waals surface area contributed by atoms with E-state index in [0.29, 0.717) is 25.9 Å². The summed E-state index contributed by atoms with van der Waals surface area (Å²) in [6, 6.07) is 6.69. The first kappa shape index (κ1) is 14.2. The van der Waals surface area contributed by atoms with Crippen molar-refractivity contribution in [2.24, 2.45) is 0 Å². The largest absolute Gasteiger partial charge is 0.493 e. The van der Waals surface area contributed by atoms with Crippen LogP contribution in [-0.4, -0.2) is 33.0 Å². The highest BCUT2D eigenvalue weighted by molar-refractivity contribution is 5.46. The molecule has 4 heteroatoms. The van der Waals surface area contributed by atoms with Gasteiger partial charge in [0.05, 0.1) is 13.7 Å². The lowest BCUT2D eigenvalue weighted by atomic mass is 10.2. The number of ether oxygens (including phenoxy) is 3. The summed E-state index contributed by atoms with van der Waals surface area (Å²) in [6.07, 6.45) is 2.56. The summed E-state index contributed by atoms with van der Waals surface area (Å²) < 4.78 is 16.5. The van der Waals surface area contributed by atoms with Crippen molar-refractivity contribution in [1.82, 2.24) is 5.32 Å². The highest BCUT2D eigenvalue weighted by Crippen LogP contribution is 2.31. The number of rotatable bonds is 9. The average Bonchev–Trinajstić information content (AvgIpc) is 3.26. The molecule has 1 saturated carbocycles. The Labute approximate surface area is 115 Å². The number of hydrogen-bond acceptors (Lipinski definition) is 4. The molecule has 0 unspecified atom stereocenters. The van der Waals surface area contributed by atoms with Crippen LogP contribution in [0.4, 0.5) is 0 Å². The summed E-state index contributed by atoms with van der Waals surface area (Å²) in [4.78, 5) is 0. The van der Waals surface area contributed by atoms with Crippen molar-refractivity contribution >= 4 is 0 Å². The van der Waals surface area contributed by atoms with Crippen LogP contribution >= 0.6 is 0 Å². The minimum absolute atomic E-state index is 0.546. The Hall–Kier alpha value is -1.26. The monoisotopic (exact) mass is 265 g/mol. The molecule has 1 fully saturated rings. The van der Waals surface area contributed by atoms with Crippen molar-refractivity contribution in [2.75, 3.05) is 26.9 Å². The van der Waals surface area contributed by atoms with Gasteiger partial charge in [-0.1, -0.05) is 12.1 Å². The minimum atomic E-state index is 0.546. The number of para-hydroxylation sites is 1. The smallest absolute Gasteiger partial charge is 0.165 e. The molecule has 0 aliphatic heterocycles. The third-order valence-electron chi connectivity index (χ3n) is 3.12. The van der Waals surface area contributed by atoms with Crippen molar-refractivity contribution in [3.05, 3.63) is 23.8 Å². The van der Waals surface area contributed by atoms with Crippen LogP contribution in [0.5, 0.6) is 11.5 Å². The highest BCUT2D eigenvalue weighted by atomic mass is 16.5. The Morgan fingerprint density at radius 3 is 2.79 bits per heavy atom. The van der Waals surface area contributed by atoms with Crippen molar-refractivity contribution in [3.8, 4) is 11.5 Å². The molecule has 0 aromatic heterocycles. The molecule has 0 bridgehead atoms. The van der Waals surface area contributed by atoms with E-state index in [-0.39, 0.29) is 0 Å². The van der Waals surface area contributed by atoms with Crippen LogP contribution in [0.25, 0.3) is 0 Å². The van der Waals surface area contributed by atoms with Gasteiger partial charge in [0, 0.05) is 24.8 Å². The second kappa shape index (κ2) is 7.36. The third kappa shape index (κ3) is 4.40. The molecule has 1 aromatic rings. The predicted molar refractivity (Wildman–Crippen MR) is 74.8 cm³/mol. The molecule has 106 valence electrons. The van der Waals surface area contributed by atoms with Crippen LogP contribution < -0.4 is 14.8 Å². The van der Waals surface area contributed by atoms with Gasteiger partial charge in [-0.2, -0.15) is 0 Å². The molecule has 0 saturated heterocycles. The van der Waals surface area contributed by atoms with Crippen LogP contribution in [0, 0.1) is 0 Å². The SMILES string of the molecule is CCOCCOc1c(CNC2CC2)cccc1OC. The van der Waals surface area contributed by atoms with Crippen molar-refractivity contribution < 1.29 is 14.2 Å². The maximum absolute atomic E-state index is 5.82. The number of benzene rings is 1. The summed E-state index contributed by atoms with van der Waals surface area (Å²) in [5.41, 5.74) is 1.14. The summed E-state index contributed by atoms with van der Waals surface area (Å²) in [7, 11) is 1.67. The molecule has 0 radical (unpaired) electrons. The Kier molecular flexibility index (Phi) is 5.48. The zero-order chi connectivity index (χ0) is 13.5. The van der Waals surface area contributed by atoms with E-state index in [0.717, 1.165) is 23.6 Å². The maximum atomic E-state index is 5.82. The van der Waals surface area contributed by atoms with Crippen LogP contribution in [0.1, 0.15) is 25.3 Å². The highest BCUT2D eigenvalue weighted by Gasteiger charge is 2.21. The number of hydrogen-bond donors (Lipinski definition) is 1. The fourth-order valence-electron chi connectivity index (χ4n) is 1.91. The Morgan fingerprint density at radius 1 is 1.26 bits per heavy atom. The Bertz CT molecular complexity index is 391. The van der Waals surface area contributed by atoms with Gasteiger partial charge < -0.3 is 19.5 Å². The number of nitrogens with one attached hydrogen (secondary N) is 1. The van der Waals surface area contributed by atoms with E-state index in [9.17, 15) is 0 Å². The van der Waals surface area contributed by atoms with E-state index in [1.165, 1.54) is 12.8 Å². The second-order valence-electron chi connectivity index (χ2n) is 4.65. The molecular weight excluding hydrogens is 242 g/mol. The van der Waals surface area contributed by atoms with E-state index in [2.05, 4.69) is 11.4 Å². The van der Waals surface area contributed by atoms with Crippen LogP contribution in [0.2, 0.25) is 0 Å². The first-order valence-corrected chi connectivity index (χ1v) is 6.95. The molecule has 4 nitrogen and oxygen atoms in total. The Morgan fingerprint density at radius 2 is 2.11 bits per heavy atom. The fraction of sp³-hybridized carbons (Fsp3) is 0.600. The van der Waals surface area contributed by atoms with Gasteiger partial charge in [-0.3, -0.25) is 0 Å². The molecule has 1 aliphatic carbocycles. The first-order chi connectivity index (χ1) is 9.35. The minimum Gasteiger partial charge on any atom is -0.493 e. The van der Waals surface area contributed by atoms with Crippen LogP contribution in [0.15, 0.2) is 18.2 Å². The molecule has 0 amide bonds. The molecule has 2 rings (SSSR count). The quantitative estimate of drug-likeness (QED) is 0.696. The number of methoxy groups -OCH3 is 1. The average molecular weight is 265 g/mol. The normalized spacial score (nSPS) is 14.4. The van der Waals surface area contributed by atoms with E-state index in [1.54, 1.807) is 7.11 Å². The second-order valence-corrected chi connectivity index (χ2v) is 4.65. The maximum Gasteiger partial charge on any atom is 0.165 e. The van der Waals surface area contributed by atoms with Gasteiger partial charge in [0.1, 0.15) is 6.61 Å². The molecule has 0 spiro atoms. The van der Waals surface area contributed by atoms with Gasteiger partial charge in [-0.15, -0.1) is 0 Å². The topological polar surface area (TPSA) is 39.7 Å². The van der Waals surface area contributed by atoms with E-state index in [1.807, 2.05) is 19.1 Å². The van der Waals surface area contributed by atoms with Gasteiger partial charge in [-0.25, -0.2) is 0 Å². The van der Waals surface area contributed by atoms with Gasteiger partial charge in [0.25, 0.3) is 0 Å². The van der Waals surface area contributed by atoms with Gasteiger partial charge in [-0.05, 0) is 25.8 Å². The summed E-state index contributed by atoms with van der Waals surface area (Å²) in [5.74, 6) is 1.62. The van der Waals surface area contributed by atoms with Crippen molar-refractivity contribution in [3.63, 3.8) is 0 Å². The summed E-state index contributed by atoms with van der Waals surface area (Å²) in [5, 5.41) is 3.50. The van der Waals surface area contributed by atoms with Gasteiger partial charge >= 0.3 is 0 Å². The van der Waals surface area contributed by atoms with Gasteiger partial charge in [0.15, 0.2) is 11.5 Å². The zero-order valence-electron chi connectivity index (χ0n) is 11.8. The molecule has 1 aromatic carbocycles. The lowest BCUT2D eigenvalue weighted by Crippen LogP contribution is -2.17. The van der Waals surface area contributed by atoms with E-state index in [4.69, 9.17) is 14.2 Å². The molecule has 0 heterocycles. The Balaban J connectivity index is 1.97. The van der Waals surface area contributed by atoms with Gasteiger partial charge in [0.2, 0.25) is 0 Å². The van der Waals surface area contributed by atoms with Crippen LogP contribution in [0.3, 0.4) is 0 Å². The molecule has 1 aliphatic rings.